The lowest BCUT2D eigenvalue weighted by Gasteiger charge is -2.03. The number of nitrogens with zero attached hydrogens (tertiary/aromatic N) is 2. The van der Waals surface area contributed by atoms with Crippen molar-refractivity contribution in [3.63, 3.8) is 0 Å². The number of hydrogen-bond acceptors (Lipinski definition) is 7. The summed E-state index contributed by atoms with van der Waals surface area (Å²) >= 11 is 8.45. The fourth-order valence-corrected chi connectivity index (χ4v) is 3.09. The topological polar surface area (TPSA) is 96.0 Å². The second-order valence-electron chi connectivity index (χ2n) is 4.03. The van der Waals surface area contributed by atoms with Gasteiger partial charge in [0.15, 0.2) is 4.34 Å². The normalized spacial score (nSPS) is 10.1. The molecule has 2 aromatic rings. The van der Waals surface area contributed by atoms with Gasteiger partial charge < -0.3 is 5.32 Å². The molecule has 1 heterocycles. The molecule has 0 aliphatic rings. The zero-order valence-corrected chi connectivity index (χ0v) is 13.8. The second kappa shape index (κ2) is 7.97. The Labute approximate surface area is 139 Å². The summed E-state index contributed by atoms with van der Waals surface area (Å²) in [5.74, 6) is -0.520. The van der Waals surface area contributed by atoms with Gasteiger partial charge in [-0.1, -0.05) is 40.8 Å². The second-order valence-corrected chi connectivity index (χ2v) is 6.66. The zero-order chi connectivity index (χ0) is 15.9. The minimum absolute atomic E-state index is 0.131. The van der Waals surface area contributed by atoms with Crippen LogP contribution in [0.4, 0.5) is 10.8 Å². The number of benzene rings is 1. The van der Waals surface area contributed by atoms with Gasteiger partial charge in [-0.2, -0.15) is 0 Å². The van der Waals surface area contributed by atoms with Gasteiger partial charge in [-0.3, -0.25) is 20.4 Å². The van der Waals surface area contributed by atoms with Gasteiger partial charge in [0.1, 0.15) is 0 Å². The predicted molar refractivity (Wildman–Crippen MR) is 87.3 cm³/mol. The Kier molecular flexibility index (Phi) is 5.99. The average molecular weight is 358 g/mol. The van der Waals surface area contributed by atoms with E-state index in [1.807, 2.05) is 12.1 Å². The van der Waals surface area contributed by atoms with E-state index in [1.165, 1.54) is 30.0 Å². The largest absolute Gasteiger partial charge is 0.330 e. The first-order valence-electron chi connectivity index (χ1n) is 6.07. The number of rotatable bonds is 5. The smallest absolute Gasteiger partial charge is 0.248 e. The van der Waals surface area contributed by atoms with E-state index in [2.05, 4.69) is 26.4 Å². The molecule has 2 rings (SSSR count). The van der Waals surface area contributed by atoms with E-state index in [0.717, 1.165) is 5.69 Å². The first-order valence-corrected chi connectivity index (χ1v) is 8.25. The minimum atomic E-state index is -0.331. The molecule has 0 fully saturated rings. The molecular weight excluding hydrogens is 346 g/mol. The van der Waals surface area contributed by atoms with E-state index in [1.54, 1.807) is 12.1 Å². The van der Waals surface area contributed by atoms with Crippen molar-refractivity contribution >= 4 is 57.3 Å². The van der Waals surface area contributed by atoms with E-state index in [4.69, 9.17) is 11.6 Å². The molecule has 0 saturated heterocycles. The number of amides is 2. The van der Waals surface area contributed by atoms with Crippen molar-refractivity contribution in [3.8, 4) is 0 Å². The van der Waals surface area contributed by atoms with Gasteiger partial charge in [-0.25, -0.2) is 0 Å². The van der Waals surface area contributed by atoms with Crippen LogP contribution in [0.2, 0.25) is 5.02 Å². The van der Waals surface area contributed by atoms with Crippen LogP contribution in [0.3, 0.4) is 0 Å². The molecule has 7 nitrogen and oxygen atoms in total. The first kappa shape index (κ1) is 16.5. The summed E-state index contributed by atoms with van der Waals surface area (Å²) < 4.78 is 0.641. The molecule has 1 aromatic heterocycles. The predicted octanol–water partition coefficient (Wildman–Crippen LogP) is 2.19. The quantitative estimate of drug-likeness (QED) is 0.560. The highest BCUT2D eigenvalue weighted by Crippen LogP contribution is 2.28. The molecule has 0 spiro atoms. The highest BCUT2D eigenvalue weighted by atomic mass is 35.5. The van der Waals surface area contributed by atoms with E-state index in [9.17, 15) is 9.59 Å². The van der Waals surface area contributed by atoms with Gasteiger partial charge in [0, 0.05) is 17.6 Å². The summed E-state index contributed by atoms with van der Waals surface area (Å²) in [6.45, 7) is 1.31. The number of carbonyl (C=O) groups excluding carboxylic acids is 2. The Hall–Kier alpha value is -1.84. The number of anilines is 2. The van der Waals surface area contributed by atoms with Crippen LogP contribution < -0.4 is 16.2 Å². The maximum atomic E-state index is 11.4. The van der Waals surface area contributed by atoms with Gasteiger partial charge in [0.05, 0.1) is 5.75 Å². The lowest BCUT2D eigenvalue weighted by molar-refractivity contribution is -0.126. The number of thioether (sulfide) groups is 1. The van der Waals surface area contributed by atoms with Crippen LogP contribution in [0.25, 0.3) is 0 Å². The molecule has 0 aliphatic carbocycles. The maximum absolute atomic E-state index is 11.4. The lowest BCUT2D eigenvalue weighted by atomic mass is 10.3. The number of hydrazine groups is 1. The van der Waals surface area contributed by atoms with Crippen LogP contribution in [-0.4, -0.2) is 27.8 Å². The average Bonchev–Trinajstić information content (AvgIpc) is 2.90. The number of nitrogens with one attached hydrogen (secondary N) is 3. The van der Waals surface area contributed by atoms with Gasteiger partial charge >= 0.3 is 0 Å². The molecule has 10 heteroatoms. The van der Waals surface area contributed by atoms with Crippen molar-refractivity contribution in [3.05, 3.63) is 29.3 Å². The number of halogens is 1. The van der Waals surface area contributed by atoms with Gasteiger partial charge in [-0.15, -0.1) is 10.2 Å². The van der Waals surface area contributed by atoms with Crippen molar-refractivity contribution in [2.75, 3.05) is 11.1 Å². The number of aromatic nitrogens is 2. The highest BCUT2D eigenvalue weighted by Gasteiger charge is 2.08. The third-order valence-corrected chi connectivity index (χ3v) is 4.39. The maximum Gasteiger partial charge on any atom is 0.248 e. The van der Waals surface area contributed by atoms with Crippen LogP contribution >= 0.6 is 34.7 Å². The molecule has 0 aliphatic heterocycles. The highest BCUT2D eigenvalue weighted by molar-refractivity contribution is 8.01. The molecular formula is C12H12ClN5O2S2. The summed E-state index contributed by atoms with van der Waals surface area (Å²) in [4.78, 5) is 22.1. The van der Waals surface area contributed by atoms with Gasteiger partial charge in [0.25, 0.3) is 0 Å². The third kappa shape index (κ3) is 5.51. The Bertz CT molecular complexity index is 679. The molecule has 2 amide bonds. The van der Waals surface area contributed by atoms with Crippen LogP contribution in [0.1, 0.15) is 6.92 Å². The molecule has 22 heavy (non-hydrogen) atoms. The molecule has 0 atom stereocenters. The van der Waals surface area contributed by atoms with E-state index in [0.29, 0.717) is 14.5 Å². The van der Waals surface area contributed by atoms with Crippen LogP contribution in [0.5, 0.6) is 0 Å². The Morgan fingerprint density at radius 1 is 1.32 bits per heavy atom. The molecule has 116 valence electrons. The van der Waals surface area contributed by atoms with Crippen molar-refractivity contribution in [1.82, 2.24) is 21.0 Å². The fourth-order valence-electron chi connectivity index (χ4n) is 1.33. The lowest BCUT2D eigenvalue weighted by Crippen LogP contribution is -2.41. The molecule has 1 aromatic carbocycles. The first-order chi connectivity index (χ1) is 10.5. The Morgan fingerprint density at radius 2 is 2.14 bits per heavy atom. The van der Waals surface area contributed by atoms with E-state index < -0.39 is 0 Å². The van der Waals surface area contributed by atoms with Crippen molar-refractivity contribution in [1.29, 1.82) is 0 Å². The minimum Gasteiger partial charge on any atom is -0.330 e. The summed E-state index contributed by atoms with van der Waals surface area (Å²) in [5.41, 5.74) is 5.30. The standard InChI is InChI=1S/C12H12ClN5O2S2/c1-7(19)15-16-10(20)6-21-12-18-17-11(22-12)14-9-4-2-3-8(13)5-9/h2-5H,6H2,1H3,(H,14,17)(H,15,19)(H,16,20). The fraction of sp³-hybridized carbons (Fsp3) is 0.167. The Morgan fingerprint density at radius 3 is 2.86 bits per heavy atom. The summed E-state index contributed by atoms with van der Waals surface area (Å²) in [6.07, 6.45) is 0. The zero-order valence-electron chi connectivity index (χ0n) is 11.4. The van der Waals surface area contributed by atoms with E-state index in [-0.39, 0.29) is 17.6 Å². The summed E-state index contributed by atoms with van der Waals surface area (Å²) in [7, 11) is 0. The van der Waals surface area contributed by atoms with Crippen molar-refractivity contribution < 1.29 is 9.59 Å². The molecule has 0 radical (unpaired) electrons. The molecule has 3 N–H and O–H groups in total. The SMILES string of the molecule is CC(=O)NNC(=O)CSc1nnc(Nc2cccc(Cl)c2)s1. The summed E-state index contributed by atoms with van der Waals surface area (Å²) in [5, 5.41) is 12.3. The van der Waals surface area contributed by atoms with Crippen molar-refractivity contribution in [2.24, 2.45) is 0 Å². The summed E-state index contributed by atoms with van der Waals surface area (Å²) in [6, 6.07) is 7.24. The number of carbonyl (C=O) groups is 2. The van der Waals surface area contributed by atoms with Gasteiger partial charge in [0.2, 0.25) is 16.9 Å². The van der Waals surface area contributed by atoms with E-state index >= 15 is 0 Å². The third-order valence-electron chi connectivity index (χ3n) is 2.19. The molecule has 0 bridgehead atoms. The van der Waals surface area contributed by atoms with Crippen LogP contribution in [0.15, 0.2) is 28.6 Å². The van der Waals surface area contributed by atoms with Crippen LogP contribution in [0, 0.1) is 0 Å². The monoisotopic (exact) mass is 357 g/mol. The molecule has 0 unspecified atom stereocenters. The van der Waals surface area contributed by atoms with Gasteiger partial charge in [-0.05, 0) is 18.2 Å². The van der Waals surface area contributed by atoms with Crippen LogP contribution in [-0.2, 0) is 9.59 Å². The van der Waals surface area contributed by atoms with Crippen molar-refractivity contribution in [2.45, 2.75) is 11.3 Å². The Balaban J connectivity index is 1.84. The molecule has 0 saturated carbocycles. The number of hydrogen-bond donors (Lipinski definition) is 3.